The maximum absolute atomic E-state index is 2.46. The Morgan fingerprint density at radius 2 is 0.551 bits per heavy atom. The summed E-state index contributed by atoms with van der Waals surface area (Å²) in [7, 11) is 0. The second-order valence-corrected chi connectivity index (χ2v) is 18.1. The van der Waals surface area contributed by atoms with E-state index in [2.05, 4.69) is 288 Å². The molecule has 2 heteroatoms. The standard InChI is InChI=1S/C67H46N2/c1-4-20-47(21-5-1)48-22-16-23-49(42-48)50-24-17-25-51(43-50)52-26-18-31-55(44-52)67(53-27-6-2-7-28-53,54-29-8-3-9-30-54)56-32-19-33-57(45-56)68-65-39-15-12-36-61(65)62-46-58(40-41-66(62)68)69-63-37-13-10-34-59(63)60-35-11-14-38-64(60)69/h1-46H. The van der Waals surface area contributed by atoms with Gasteiger partial charge in [-0.05, 0) is 122 Å². The summed E-state index contributed by atoms with van der Waals surface area (Å²) >= 11 is 0. The lowest BCUT2D eigenvalue weighted by Crippen LogP contribution is -2.31. The lowest BCUT2D eigenvalue weighted by molar-refractivity contribution is 0.744. The molecule has 11 aromatic carbocycles. The van der Waals surface area contributed by atoms with E-state index in [0.29, 0.717) is 0 Å². The van der Waals surface area contributed by atoms with Crippen molar-refractivity contribution in [3.63, 3.8) is 0 Å². The minimum Gasteiger partial charge on any atom is -0.309 e. The number of aromatic nitrogens is 2. The van der Waals surface area contributed by atoms with Crippen molar-refractivity contribution in [3.8, 4) is 44.8 Å². The highest BCUT2D eigenvalue weighted by atomic mass is 15.0. The number of nitrogens with zero attached hydrogens (tertiary/aromatic N) is 2. The van der Waals surface area contributed by atoms with Gasteiger partial charge in [0.05, 0.1) is 27.5 Å². The minimum absolute atomic E-state index is 0.668. The van der Waals surface area contributed by atoms with Gasteiger partial charge in [0.1, 0.15) is 0 Å². The molecule has 324 valence electrons. The highest BCUT2D eigenvalue weighted by molar-refractivity contribution is 6.12. The van der Waals surface area contributed by atoms with Crippen LogP contribution in [0.1, 0.15) is 22.3 Å². The highest BCUT2D eigenvalue weighted by Gasteiger charge is 2.39. The summed E-state index contributed by atoms with van der Waals surface area (Å²) in [5.41, 5.74) is 18.3. The van der Waals surface area contributed by atoms with E-state index in [1.807, 2.05) is 0 Å². The Kier molecular flexibility index (Phi) is 9.77. The first-order valence-electron chi connectivity index (χ1n) is 23.8. The summed E-state index contributed by atoms with van der Waals surface area (Å²) in [5, 5.41) is 4.96. The quantitative estimate of drug-likeness (QED) is 0.128. The zero-order chi connectivity index (χ0) is 45.7. The van der Waals surface area contributed by atoms with Gasteiger partial charge in [0.15, 0.2) is 0 Å². The Bertz CT molecular complexity index is 3920. The normalized spacial score (nSPS) is 11.8. The minimum atomic E-state index is -0.668. The van der Waals surface area contributed by atoms with Crippen molar-refractivity contribution in [1.29, 1.82) is 0 Å². The predicted molar refractivity (Wildman–Crippen MR) is 290 cm³/mol. The molecule has 0 spiro atoms. The van der Waals surface area contributed by atoms with Crippen LogP contribution in [0.15, 0.2) is 279 Å². The third kappa shape index (κ3) is 6.72. The van der Waals surface area contributed by atoms with Crippen LogP contribution in [0.3, 0.4) is 0 Å². The predicted octanol–water partition coefficient (Wildman–Crippen LogP) is 17.3. The number of hydrogen-bond acceptors (Lipinski definition) is 0. The molecule has 0 radical (unpaired) electrons. The first kappa shape index (κ1) is 40.3. The lowest BCUT2D eigenvalue weighted by atomic mass is 9.65. The molecule has 69 heavy (non-hydrogen) atoms. The Balaban J connectivity index is 0.985. The van der Waals surface area contributed by atoms with Crippen LogP contribution in [0.2, 0.25) is 0 Å². The van der Waals surface area contributed by atoms with Crippen molar-refractivity contribution < 1.29 is 0 Å². The third-order valence-electron chi connectivity index (χ3n) is 14.2. The molecule has 2 aromatic heterocycles. The Morgan fingerprint density at radius 1 is 0.203 bits per heavy atom. The fourth-order valence-corrected chi connectivity index (χ4v) is 11.2. The largest absolute Gasteiger partial charge is 0.309 e. The fourth-order valence-electron chi connectivity index (χ4n) is 11.2. The molecule has 0 bridgehead atoms. The van der Waals surface area contributed by atoms with E-state index in [9.17, 15) is 0 Å². The summed E-state index contributed by atoms with van der Waals surface area (Å²) in [6.07, 6.45) is 0. The van der Waals surface area contributed by atoms with Gasteiger partial charge >= 0.3 is 0 Å². The summed E-state index contributed by atoms with van der Waals surface area (Å²) < 4.78 is 4.87. The van der Waals surface area contributed by atoms with Crippen LogP contribution < -0.4 is 0 Å². The topological polar surface area (TPSA) is 9.86 Å². The molecule has 0 aliphatic carbocycles. The average molecular weight is 879 g/mol. The molecule has 13 aromatic rings. The Hall–Kier alpha value is -8.98. The number of rotatable bonds is 9. The zero-order valence-electron chi connectivity index (χ0n) is 38.0. The molecule has 0 unspecified atom stereocenters. The highest BCUT2D eigenvalue weighted by Crippen LogP contribution is 2.47. The maximum atomic E-state index is 2.46. The lowest BCUT2D eigenvalue weighted by Gasteiger charge is -2.37. The number of fused-ring (bicyclic) bond motifs is 6. The molecule has 0 saturated carbocycles. The molecule has 0 N–H and O–H groups in total. The Morgan fingerprint density at radius 3 is 1.09 bits per heavy atom. The molecule has 2 nitrogen and oxygen atoms in total. The molecule has 0 aliphatic heterocycles. The molecule has 2 heterocycles. The van der Waals surface area contributed by atoms with E-state index in [4.69, 9.17) is 0 Å². The van der Waals surface area contributed by atoms with Crippen LogP contribution in [0, 0.1) is 0 Å². The first-order valence-corrected chi connectivity index (χ1v) is 23.8. The monoisotopic (exact) mass is 878 g/mol. The molecule has 13 rings (SSSR count). The molecular formula is C67H46N2. The Labute approximate surface area is 402 Å². The van der Waals surface area contributed by atoms with Crippen molar-refractivity contribution in [3.05, 3.63) is 301 Å². The molecule has 0 aliphatic rings. The van der Waals surface area contributed by atoms with Crippen LogP contribution in [-0.4, -0.2) is 9.13 Å². The SMILES string of the molecule is c1ccc(-c2cccc(-c3cccc(-c4cccc(C(c5ccccc5)(c5ccccc5)c5cccc(-n6c7ccccc7c7cc(-n8c9ccccc9c9ccccc98)ccc76)c5)c4)c3)c2)cc1. The first-order chi connectivity index (χ1) is 34.2. The number of para-hydroxylation sites is 3. The molecule has 0 saturated heterocycles. The summed E-state index contributed by atoms with van der Waals surface area (Å²) in [5.74, 6) is 0. The van der Waals surface area contributed by atoms with E-state index < -0.39 is 5.41 Å². The second-order valence-electron chi connectivity index (χ2n) is 18.1. The van der Waals surface area contributed by atoms with Crippen molar-refractivity contribution >= 4 is 43.6 Å². The average Bonchev–Trinajstić information content (AvgIpc) is 3.95. The van der Waals surface area contributed by atoms with Gasteiger partial charge in [-0.3, -0.25) is 0 Å². The van der Waals surface area contributed by atoms with Gasteiger partial charge in [-0.1, -0.05) is 212 Å². The molecule has 0 amide bonds. The van der Waals surface area contributed by atoms with Crippen molar-refractivity contribution in [1.82, 2.24) is 9.13 Å². The van der Waals surface area contributed by atoms with Gasteiger partial charge in [0.2, 0.25) is 0 Å². The van der Waals surface area contributed by atoms with Crippen molar-refractivity contribution in [2.45, 2.75) is 5.41 Å². The third-order valence-corrected chi connectivity index (χ3v) is 14.2. The molecule has 0 atom stereocenters. The second kappa shape index (κ2) is 16.7. The van der Waals surface area contributed by atoms with Gasteiger partial charge in [-0.15, -0.1) is 0 Å². The van der Waals surface area contributed by atoms with Gasteiger partial charge in [0, 0.05) is 32.9 Å². The number of hydrogen-bond donors (Lipinski definition) is 0. The van der Waals surface area contributed by atoms with Gasteiger partial charge in [-0.2, -0.15) is 0 Å². The van der Waals surface area contributed by atoms with Crippen molar-refractivity contribution in [2.75, 3.05) is 0 Å². The van der Waals surface area contributed by atoms with E-state index in [-0.39, 0.29) is 0 Å². The fraction of sp³-hybridized carbons (Fsp3) is 0.0149. The smallest absolute Gasteiger partial charge is 0.0702 e. The zero-order valence-corrected chi connectivity index (χ0v) is 38.0. The van der Waals surface area contributed by atoms with E-state index in [0.717, 1.165) is 11.4 Å². The molecule has 0 fully saturated rings. The summed E-state index contributed by atoms with van der Waals surface area (Å²) in [6.45, 7) is 0. The van der Waals surface area contributed by atoms with Crippen LogP contribution in [0.25, 0.3) is 88.4 Å². The summed E-state index contributed by atoms with van der Waals surface area (Å²) in [6, 6.07) is 102. The van der Waals surface area contributed by atoms with E-state index in [1.54, 1.807) is 0 Å². The van der Waals surface area contributed by atoms with Gasteiger partial charge in [-0.25, -0.2) is 0 Å². The van der Waals surface area contributed by atoms with Gasteiger partial charge in [0.25, 0.3) is 0 Å². The summed E-state index contributed by atoms with van der Waals surface area (Å²) in [4.78, 5) is 0. The van der Waals surface area contributed by atoms with Crippen LogP contribution in [0.4, 0.5) is 0 Å². The molecular weight excluding hydrogens is 833 g/mol. The van der Waals surface area contributed by atoms with E-state index >= 15 is 0 Å². The maximum Gasteiger partial charge on any atom is 0.0702 e. The van der Waals surface area contributed by atoms with Crippen LogP contribution in [-0.2, 0) is 5.41 Å². The van der Waals surface area contributed by atoms with E-state index in [1.165, 1.54) is 99.2 Å². The van der Waals surface area contributed by atoms with Crippen LogP contribution >= 0.6 is 0 Å². The van der Waals surface area contributed by atoms with Crippen molar-refractivity contribution in [2.24, 2.45) is 0 Å². The number of benzene rings is 11. The van der Waals surface area contributed by atoms with Crippen LogP contribution in [0.5, 0.6) is 0 Å². The van der Waals surface area contributed by atoms with Gasteiger partial charge < -0.3 is 9.13 Å².